The summed E-state index contributed by atoms with van der Waals surface area (Å²) in [4.78, 5) is 10.3. The Balaban J connectivity index is 1.85. The van der Waals surface area contributed by atoms with Crippen molar-refractivity contribution < 1.29 is 5.11 Å². The van der Waals surface area contributed by atoms with Gasteiger partial charge in [-0.3, -0.25) is 4.98 Å². The molecule has 2 aromatic heterocycles. The minimum Gasteiger partial charge on any atom is -0.507 e. The molecule has 5 rings (SSSR count). The largest absolute Gasteiger partial charge is 0.507 e. The zero-order valence-electron chi connectivity index (χ0n) is 32.1. The lowest BCUT2D eigenvalue weighted by molar-refractivity contribution is 0.446. The molecule has 3 aromatic carbocycles. The Hall–Kier alpha value is -3.49. The highest BCUT2D eigenvalue weighted by Gasteiger charge is 2.29. The van der Waals surface area contributed by atoms with Crippen LogP contribution in [0.4, 0.5) is 0 Å². The number of nitrogens with zero attached hydrogens (tertiary/aromatic N) is 3. The summed E-state index contributed by atoms with van der Waals surface area (Å²) in [6.07, 6.45) is 1.98. The second-order valence-corrected chi connectivity index (χ2v) is 28.4. The molecule has 5 aromatic rings. The minimum absolute atomic E-state index is 0.0856. The lowest BCUT2D eigenvalue weighted by Crippen LogP contribution is -2.37. The van der Waals surface area contributed by atoms with Gasteiger partial charge < -0.3 is 9.67 Å². The Morgan fingerprint density at radius 1 is 0.708 bits per heavy atom. The first-order valence-electron chi connectivity index (χ1n) is 17.5. The highest BCUT2D eigenvalue weighted by molar-refractivity contribution is 6.89. The number of aromatic hydroxyl groups is 1. The normalized spacial score (nSPS) is 13.2. The van der Waals surface area contributed by atoms with Gasteiger partial charge in [-0.1, -0.05) is 123 Å². The Morgan fingerprint density at radius 2 is 1.33 bits per heavy atom. The van der Waals surface area contributed by atoms with E-state index in [-0.39, 0.29) is 10.8 Å². The number of phenolic OH excluding ortho intramolecular Hbond substituents is 1. The lowest BCUT2D eigenvalue weighted by Gasteiger charge is -2.27. The van der Waals surface area contributed by atoms with E-state index in [9.17, 15) is 5.11 Å². The van der Waals surface area contributed by atoms with Crippen LogP contribution in [0.5, 0.6) is 5.75 Å². The number of imidazole rings is 1. The summed E-state index contributed by atoms with van der Waals surface area (Å²) in [5, 5.41) is 14.7. The first-order chi connectivity index (χ1) is 22.0. The van der Waals surface area contributed by atoms with Gasteiger partial charge in [-0.2, -0.15) is 0 Å². The predicted octanol–water partition coefficient (Wildman–Crippen LogP) is 10.5. The van der Waals surface area contributed by atoms with Gasteiger partial charge in [0.05, 0.1) is 38.4 Å². The number of fused-ring (bicyclic) bond motifs is 1. The number of phenols is 1. The zero-order chi connectivity index (χ0) is 35.7. The van der Waals surface area contributed by atoms with Crippen molar-refractivity contribution in [3.05, 3.63) is 77.5 Å². The molecule has 0 amide bonds. The summed E-state index contributed by atoms with van der Waals surface area (Å²) in [5.41, 5.74) is 10.4. The van der Waals surface area contributed by atoms with Crippen LogP contribution in [0.2, 0.25) is 39.3 Å². The highest BCUT2D eigenvalue weighted by atomic mass is 28.3. The van der Waals surface area contributed by atoms with Crippen molar-refractivity contribution >= 4 is 37.6 Å². The summed E-state index contributed by atoms with van der Waals surface area (Å²) in [6, 6.07) is 20.6. The maximum absolute atomic E-state index is 11.9. The number of aryl methyl sites for hydroxylation is 1. The summed E-state index contributed by atoms with van der Waals surface area (Å²) >= 11 is 0. The van der Waals surface area contributed by atoms with Gasteiger partial charge in [-0.05, 0) is 69.8 Å². The average molecular weight is 676 g/mol. The molecule has 0 spiro atoms. The van der Waals surface area contributed by atoms with Gasteiger partial charge in [0.2, 0.25) is 0 Å². The molecular formula is C42H57N3OSi2. The van der Waals surface area contributed by atoms with Crippen molar-refractivity contribution in [2.24, 2.45) is 7.05 Å². The highest BCUT2D eigenvalue weighted by Crippen LogP contribution is 2.43. The van der Waals surface area contributed by atoms with E-state index in [1.54, 1.807) is 0 Å². The Bertz CT molecular complexity index is 2010. The fourth-order valence-electron chi connectivity index (χ4n) is 6.33. The Labute approximate surface area is 291 Å². The van der Waals surface area contributed by atoms with Gasteiger partial charge in [0.1, 0.15) is 11.6 Å². The zero-order valence-corrected chi connectivity index (χ0v) is 34.1. The SMILES string of the molecule is CC(C)c1cc(-c2cc([Si](C)(C)C)ccn2)cc(-c2cc([Si](C)(C)C)cc3c2nc(-c2cc(C(C)(C)C)cc(C(C)(C)C)c2O)n3C)c1. The fourth-order valence-corrected chi connectivity index (χ4v) is 8.63. The van der Waals surface area contributed by atoms with Crippen molar-refractivity contribution in [3.8, 4) is 39.5 Å². The standard InChI is InChI=1S/C42H57N3OSi2/c1-26(2)27-18-28(20-29(19-27)36-24-31(16-17-43-36)47(10,11)12)33-23-32(48(13,14)15)25-37-38(33)44-40(45(37)9)34-21-30(41(3,4)5)22-35(39(34)46)42(6,7)8/h16-26,46H,1-15H3. The van der Waals surface area contributed by atoms with Crippen molar-refractivity contribution in [2.45, 2.75) is 111 Å². The van der Waals surface area contributed by atoms with E-state index in [1.807, 2.05) is 6.20 Å². The molecule has 0 radical (unpaired) electrons. The number of benzene rings is 3. The second kappa shape index (κ2) is 12.1. The molecule has 1 N–H and O–H groups in total. The van der Waals surface area contributed by atoms with Gasteiger partial charge in [0.15, 0.2) is 0 Å². The van der Waals surface area contributed by atoms with Crippen molar-refractivity contribution in [1.29, 1.82) is 0 Å². The molecule has 2 heterocycles. The smallest absolute Gasteiger partial charge is 0.144 e. The van der Waals surface area contributed by atoms with E-state index < -0.39 is 16.1 Å². The first-order valence-corrected chi connectivity index (χ1v) is 24.5. The van der Waals surface area contributed by atoms with Gasteiger partial charge in [0.25, 0.3) is 0 Å². The van der Waals surface area contributed by atoms with E-state index >= 15 is 0 Å². The van der Waals surface area contributed by atoms with Crippen LogP contribution in [0, 0.1) is 0 Å². The van der Waals surface area contributed by atoms with Crippen LogP contribution in [-0.2, 0) is 17.9 Å². The molecule has 0 fully saturated rings. The molecule has 0 bridgehead atoms. The van der Waals surface area contributed by atoms with Crippen LogP contribution in [0.25, 0.3) is 44.8 Å². The number of aromatic nitrogens is 3. The van der Waals surface area contributed by atoms with Crippen LogP contribution >= 0.6 is 0 Å². The molecule has 4 nitrogen and oxygen atoms in total. The lowest BCUT2D eigenvalue weighted by atomic mass is 9.79. The molecular weight excluding hydrogens is 619 g/mol. The molecule has 48 heavy (non-hydrogen) atoms. The minimum atomic E-state index is -1.73. The third-order valence-electron chi connectivity index (χ3n) is 9.73. The summed E-state index contributed by atoms with van der Waals surface area (Å²) in [5.74, 6) is 1.46. The maximum atomic E-state index is 11.9. The van der Waals surface area contributed by atoms with Crippen molar-refractivity contribution in [1.82, 2.24) is 14.5 Å². The number of hydrogen-bond donors (Lipinski definition) is 1. The summed E-state index contributed by atoms with van der Waals surface area (Å²) in [7, 11) is -1.14. The molecule has 0 unspecified atom stereocenters. The van der Waals surface area contributed by atoms with E-state index in [2.05, 4.69) is 161 Å². The maximum Gasteiger partial charge on any atom is 0.144 e. The molecule has 0 saturated carbocycles. The van der Waals surface area contributed by atoms with E-state index in [0.29, 0.717) is 11.7 Å². The third-order valence-corrected chi connectivity index (χ3v) is 13.8. The summed E-state index contributed by atoms with van der Waals surface area (Å²) < 4.78 is 2.20. The topological polar surface area (TPSA) is 50.9 Å². The molecule has 0 aliphatic heterocycles. The molecule has 0 aliphatic carbocycles. The van der Waals surface area contributed by atoms with Crippen LogP contribution < -0.4 is 10.4 Å². The summed E-state index contributed by atoms with van der Waals surface area (Å²) in [6.45, 7) is 32.1. The fraction of sp³-hybridized carbons (Fsp3) is 0.429. The van der Waals surface area contributed by atoms with E-state index in [4.69, 9.17) is 9.97 Å². The van der Waals surface area contributed by atoms with Crippen molar-refractivity contribution in [2.75, 3.05) is 0 Å². The van der Waals surface area contributed by atoms with Crippen LogP contribution in [0.3, 0.4) is 0 Å². The van der Waals surface area contributed by atoms with Crippen molar-refractivity contribution in [3.63, 3.8) is 0 Å². The monoisotopic (exact) mass is 675 g/mol. The van der Waals surface area contributed by atoms with Gasteiger partial charge >= 0.3 is 0 Å². The van der Waals surface area contributed by atoms with Crippen LogP contribution in [0.15, 0.2) is 60.8 Å². The first kappa shape index (κ1) is 35.8. The predicted molar refractivity (Wildman–Crippen MR) is 214 cm³/mol. The van der Waals surface area contributed by atoms with Gasteiger partial charge in [-0.25, -0.2) is 4.98 Å². The van der Waals surface area contributed by atoms with Crippen LogP contribution in [0.1, 0.15) is 78.0 Å². The number of hydrogen-bond acceptors (Lipinski definition) is 3. The molecule has 6 heteroatoms. The number of pyridine rings is 1. The molecule has 0 saturated heterocycles. The van der Waals surface area contributed by atoms with Gasteiger partial charge in [0, 0.05) is 29.9 Å². The quantitative estimate of drug-likeness (QED) is 0.182. The van der Waals surface area contributed by atoms with E-state index in [0.717, 1.165) is 50.4 Å². The van der Waals surface area contributed by atoms with E-state index in [1.165, 1.54) is 21.5 Å². The Morgan fingerprint density at radius 3 is 1.90 bits per heavy atom. The average Bonchev–Trinajstić information content (AvgIpc) is 3.30. The van der Waals surface area contributed by atoms with Gasteiger partial charge in [-0.15, -0.1) is 0 Å². The molecule has 254 valence electrons. The van der Waals surface area contributed by atoms with Crippen LogP contribution in [-0.4, -0.2) is 35.8 Å². The molecule has 0 aliphatic rings. The second-order valence-electron chi connectivity index (χ2n) is 18.2. The third kappa shape index (κ3) is 6.97. The molecule has 0 atom stereocenters. The Kier molecular flexibility index (Phi) is 9.05. The number of rotatable bonds is 6.